The van der Waals surface area contributed by atoms with Crippen LogP contribution in [0.25, 0.3) is 0 Å². The highest BCUT2D eigenvalue weighted by molar-refractivity contribution is 5.94. The zero-order valence-corrected chi connectivity index (χ0v) is 12.2. The molecule has 1 amide bonds. The maximum Gasteiger partial charge on any atom is 0.254 e. The lowest BCUT2D eigenvalue weighted by molar-refractivity contribution is 0.0764. The van der Waals surface area contributed by atoms with Crippen molar-refractivity contribution in [2.45, 2.75) is 27.2 Å². The van der Waals surface area contributed by atoms with Gasteiger partial charge in [0.2, 0.25) is 0 Å². The average molecular weight is 276 g/mol. The van der Waals surface area contributed by atoms with E-state index in [1.54, 1.807) is 11.0 Å². The minimum Gasteiger partial charge on any atom is -0.396 e. The highest BCUT2D eigenvalue weighted by Gasteiger charge is 2.24. The normalized spacial score (nSPS) is 16.0. The third kappa shape index (κ3) is 3.00. The summed E-state index contributed by atoms with van der Waals surface area (Å²) in [5, 5.41) is 0. The number of hydrogen-bond donors (Lipinski definition) is 1. The van der Waals surface area contributed by atoms with Crippen LogP contribution in [-0.2, 0) is 0 Å². The van der Waals surface area contributed by atoms with Crippen molar-refractivity contribution in [3.05, 3.63) is 41.2 Å². The molecule has 4 heteroatoms. The van der Waals surface area contributed by atoms with Gasteiger partial charge in [0.15, 0.2) is 0 Å². The standard InChI is InChI=1S/C16H21FN2O/c1-16(2,3)12-6-8-19(9-7-12)15(20)11-4-5-14(18)13(17)10-11/h4-6,10H,7-9,18H2,1-3H3. The van der Waals surface area contributed by atoms with Crippen molar-refractivity contribution in [1.29, 1.82) is 0 Å². The lowest BCUT2D eigenvalue weighted by Gasteiger charge is -2.32. The number of benzene rings is 1. The van der Waals surface area contributed by atoms with Crippen molar-refractivity contribution in [2.24, 2.45) is 5.41 Å². The SMILES string of the molecule is CC(C)(C)C1=CCN(C(=O)c2ccc(N)c(F)c2)CC1. The van der Waals surface area contributed by atoms with Crippen LogP contribution >= 0.6 is 0 Å². The Kier molecular flexibility index (Phi) is 3.84. The second-order valence-electron chi connectivity index (χ2n) is 6.22. The van der Waals surface area contributed by atoms with Gasteiger partial charge in [0, 0.05) is 18.7 Å². The number of hydrogen-bond acceptors (Lipinski definition) is 2. The van der Waals surface area contributed by atoms with Gasteiger partial charge in [-0.25, -0.2) is 4.39 Å². The summed E-state index contributed by atoms with van der Waals surface area (Å²) in [6.07, 6.45) is 2.97. The van der Waals surface area contributed by atoms with Gasteiger partial charge >= 0.3 is 0 Å². The summed E-state index contributed by atoms with van der Waals surface area (Å²) in [7, 11) is 0. The molecule has 0 radical (unpaired) electrons. The monoisotopic (exact) mass is 276 g/mol. The van der Waals surface area contributed by atoms with Crippen LogP contribution in [-0.4, -0.2) is 23.9 Å². The molecular weight excluding hydrogens is 255 g/mol. The summed E-state index contributed by atoms with van der Waals surface area (Å²) in [5.74, 6) is -0.688. The summed E-state index contributed by atoms with van der Waals surface area (Å²) in [4.78, 5) is 14.0. The number of carbonyl (C=O) groups is 1. The maximum absolute atomic E-state index is 13.4. The van der Waals surface area contributed by atoms with Crippen molar-refractivity contribution in [2.75, 3.05) is 18.8 Å². The van der Waals surface area contributed by atoms with Gasteiger partial charge in [-0.2, -0.15) is 0 Å². The Labute approximate surface area is 119 Å². The molecule has 1 aromatic rings. The first kappa shape index (κ1) is 14.6. The van der Waals surface area contributed by atoms with Gasteiger partial charge in [-0.05, 0) is 30.0 Å². The molecule has 1 heterocycles. The van der Waals surface area contributed by atoms with E-state index in [4.69, 9.17) is 5.73 Å². The van der Waals surface area contributed by atoms with Crippen molar-refractivity contribution in [1.82, 2.24) is 4.90 Å². The smallest absolute Gasteiger partial charge is 0.254 e. The molecule has 0 aromatic heterocycles. The molecule has 0 saturated carbocycles. The molecule has 0 unspecified atom stereocenters. The Morgan fingerprint density at radius 1 is 1.35 bits per heavy atom. The van der Waals surface area contributed by atoms with Gasteiger partial charge in [-0.1, -0.05) is 32.4 Å². The first-order valence-corrected chi connectivity index (χ1v) is 6.83. The molecule has 0 saturated heterocycles. The number of nitrogen functional groups attached to an aromatic ring is 1. The summed E-state index contributed by atoms with van der Waals surface area (Å²) in [5.41, 5.74) is 7.35. The average Bonchev–Trinajstić information content (AvgIpc) is 2.40. The zero-order valence-electron chi connectivity index (χ0n) is 12.2. The molecule has 2 rings (SSSR count). The molecule has 1 aliphatic rings. The van der Waals surface area contributed by atoms with E-state index in [9.17, 15) is 9.18 Å². The van der Waals surface area contributed by atoms with Crippen molar-refractivity contribution < 1.29 is 9.18 Å². The first-order valence-electron chi connectivity index (χ1n) is 6.83. The summed E-state index contributed by atoms with van der Waals surface area (Å²) < 4.78 is 13.4. The third-order valence-corrected chi connectivity index (χ3v) is 3.71. The quantitative estimate of drug-likeness (QED) is 0.632. The Bertz CT molecular complexity index is 558. The Morgan fingerprint density at radius 3 is 2.55 bits per heavy atom. The molecule has 0 spiro atoms. The Hall–Kier alpha value is -1.84. The molecule has 0 aliphatic carbocycles. The molecule has 0 atom stereocenters. The Balaban J connectivity index is 2.12. The van der Waals surface area contributed by atoms with Crippen LogP contribution < -0.4 is 5.73 Å². The Morgan fingerprint density at radius 2 is 2.05 bits per heavy atom. The van der Waals surface area contributed by atoms with Crippen LogP contribution in [0.1, 0.15) is 37.6 Å². The molecule has 108 valence electrons. The molecule has 3 nitrogen and oxygen atoms in total. The van der Waals surface area contributed by atoms with E-state index >= 15 is 0 Å². The number of amides is 1. The van der Waals surface area contributed by atoms with Gasteiger partial charge in [0.25, 0.3) is 5.91 Å². The molecule has 1 aromatic carbocycles. The maximum atomic E-state index is 13.4. The summed E-state index contributed by atoms with van der Waals surface area (Å²) in [6, 6.07) is 4.22. The minimum absolute atomic E-state index is 0.0649. The van der Waals surface area contributed by atoms with Crippen LogP contribution in [0.3, 0.4) is 0 Å². The lowest BCUT2D eigenvalue weighted by Crippen LogP contribution is -2.36. The molecule has 0 bridgehead atoms. The van der Waals surface area contributed by atoms with Crippen molar-refractivity contribution >= 4 is 11.6 Å². The van der Waals surface area contributed by atoms with Gasteiger partial charge in [0.05, 0.1) is 5.69 Å². The van der Waals surface area contributed by atoms with E-state index in [1.165, 1.54) is 17.7 Å². The number of halogens is 1. The second-order valence-corrected chi connectivity index (χ2v) is 6.22. The predicted octanol–water partition coefficient (Wildman–Crippen LogP) is 3.23. The molecule has 20 heavy (non-hydrogen) atoms. The van der Waals surface area contributed by atoms with E-state index in [0.717, 1.165) is 6.42 Å². The zero-order chi connectivity index (χ0) is 14.9. The highest BCUT2D eigenvalue weighted by Crippen LogP contribution is 2.30. The van der Waals surface area contributed by atoms with Gasteiger partial charge < -0.3 is 10.6 Å². The second kappa shape index (κ2) is 5.27. The van der Waals surface area contributed by atoms with Crippen molar-refractivity contribution in [3.63, 3.8) is 0 Å². The largest absolute Gasteiger partial charge is 0.396 e. The number of nitrogens with zero attached hydrogens (tertiary/aromatic N) is 1. The fourth-order valence-electron chi connectivity index (χ4n) is 2.38. The first-order chi connectivity index (χ1) is 9.29. The fraction of sp³-hybridized carbons (Fsp3) is 0.438. The number of carbonyl (C=O) groups excluding carboxylic acids is 1. The fourth-order valence-corrected chi connectivity index (χ4v) is 2.38. The predicted molar refractivity (Wildman–Crippen MR) is 78.9 cm³/mol. The summed E-state index contributed by atoms with van der Waals surface area (Å²) >= 11 is 0. The number of anilines is 1. The van der Waals surface area contributed by atoms with Crippen molar-refractivity contribution in [3.8, 4) is 0 Å². The van der Waals surface area contributed by atoms with Gasteiger partial charge in [-0.15, -0.1) is 0 Å². The van der Waals surface area contributed by atoms with Crippen LogP contribution in [0.4, 0.5) is 10.1 Å². The van der Waals surface area contributed by atoms with Gasteiger partial charge in [-0.3, -0.25) is 4.79 Å². The van der Waals surface area contributed by atoms with Crippen LogP contribution in [0.15, 0.2) is 29.8 Å². The molecular formula is C16H21FN2O. The van der Waals surface area contributed by atoms with Gasteiger partial charge in [0.1, 0.15) is 5.82 Å². The summed E-state index contributed by atoms with van der Waals surface area (Å²) in [6.45, 7) is 7.77. The minimum atomic E-state index is -0.543. The van der Waals surface area contributed by atoms with E-state index in [1.807, 2.05) is 0 Å². The number of rotatable bonds is 1. The molecule has 0 fully saturated rings. The van der Waals surface area contributed by atoms with E-state index < -0.39 is 5.82 Å². The van der Waals surface area contributed by atoms with Crippen LogP contribution in [0.5, 0.6) is 0 Å². The number of nitrogens with two attached hydrogens (primary N) is 1. The van der Waals surface area contributed by atoms with Crippen LogP contribution in [0, 0.1) is 11.2 Å². The lowest BCUT2D eigenvalue weighted by atomic mass is 9.83. The molecule has 1 aliphatic heterocycles. The van der Waals surface area contributed by atoms with E-state index in [2.05, 4.69) is 26.8 Å². The third-order valence-electron chi connectivity index (χ3n) is 3.71. The van der Waals surface area contributed by atoms with E-state index in [-0.39, 0.29) is 17.0 Å². The molecule has 2 N–H and O–H groups in total. The van der Waals surface area contributed by atoms with Crippen LogP contribution in [0.2, 0.25) is 0 Å². The van der Waals surface area contributed by atoms with E-state index in [0.29, 0.717) is 18.7 Å². The topological polar surface area (TPSA) is 46.3 Å². The highest BCUT2D eigenvalue weighted by atomic mass is 19.1.